The number of halogens is 5. The van der Waals surface area contributed by atoms with Gasteiger partial charge in [-0.25, -0.2) is 87.5 Å². The highest BCUT2D eigenvalue weighted by atomic mass is 79.9. The minimum absolute atomic E-state index is 0.0600. The molecule has 7 aliphatic rings. The van der Waals surface area contributed by atoms with Gasteiger partial charge in [0.1, 0.15) is 64.0 Å². The molecule has 15 aromatic rings. The number of H-pyrrole nitrogens is 1. The van der Waals surface area contributed by atoms with Crippen LogP contribution in [0.5, 0.6) is 0 Å². The van der Waals surface area contributed by atoms with Crippen molar-refractivity contribution in [3.8, 4) is 17.5 Å². The van der Waals surface area contributed by atoms with Crippen LogP contribution in [0.3, 0.4) is 0 Å². The van der Waals surface area contributed by atoms with Crippen molar-refractivity contribution in [1.29, 1.82) is 0 Å². The van der Waals surface area contributed by atoms with Crippen LogP contribution in [0.15, 0.2) is 186 Å². The van der Waals surface area contributed by atoms with Crippen molar-refractivity contribution >= 4 is 125 Å². The first-order valence-electron chi connectivity index (χ1n) is 48.3. The van der Waals surface area contributed by atoms with Crippen molar-refractivity contribution in [2.45, 2.75) is 229 Å². The Morgan fingerprint density at radius 1 is 0.444 bits per heavy atom. The molecule has 6 N–H and O–H groups in total. The number of ether oxygens (including phenoxy) is 2. The number of hydrogen-bond donors (Lipinski definition) is 5. The van der Waals surface area contributed by atoms with Crippen molar-refractivity contribution in [2.75, 3.05) is 75.2 Å². The normalized spacial score (nSPS) is 15.7. The number of aryl methyl sites for hydroxylation is 1. The van der Waals surface area contributed by atoms with E-state index >= 15 is 0 Å². The molecule has 4 fully saturated rings. The molecular formula is C103H117BrF4N26O8S2. The molecule has 22 rings (SSSR count). The van der Waals surface area contributed by atoms with Crippen LogP contribution in [-0.2, 0) is 96.2 Å². The van der Waals surface area contributed by atoms with Crippen LogP contribution in [0.25, 0.3) is 61.6 Å². The zero-order valence-corrected chi connectivity index (χ0v) is 85.8. The maximum atomic E-state index is 13.8. The number of pyridine rings is 4. The third-order valence-electron chi connectivity index (χ3n) is 26.6. The Morgan fingerprint density at radius 3 is 1.23 bits per heavy atom. The smallest absolute Gasteiger partial charge is 0.410 e. The van der Waals surface area contributed by atoms with Gasteiger partial charge in [0.2, 0.25) is 11.9 Å². The van der Waals surface area contributed by atoms with Gasteiger partial charge in [0.15, 0.2) is 50.4 Å². The van der Waals surface area contributed by atoms with Gasteiger partial charge < -0.3 is 41.0 Å². The predicted octanol–water partition coefficient (Wildman–Crippen LogP) is 17.4. The largest absolute Gasteiger partial charge is 0.444 e. The summed E-state index contributed by atoms with van der Waals surface area (Å²) in [7, 11) is 0. The van der Waals surface area contributed by atoms with E-state index in [4.69, 9.17) is 35.1 Å². The van der Waals surface area contributed by atoms with Gasteiger partial charge in [-0.1, -0.05) is 66.0 Å². The fourth-order valence-electron chi connectivity index (χ4n) is 17.7. The third kappa shape index (κ3) is 21.9. The van der Waals surface area contributed by atoms with E-state index in [2.05, 4.69) is 89.0 Å². The van der Waals surface area contributed by atoms with Crippen LogP contribution in [0.2, 0.25) is 0 Å². The van der Waals surface area contributed by atoms with Crippen LogP contribution in [0.1, 0.15) is 177 Å². The maximum Gasteiger partial charge on any atom is 0.410 e. The lowest BCUT2D eigenvalue weighted by Crippen LogP contribution is -2.39. The summed E-state index contributed by atoms with van der Waals surface area (Å²) in [5.74, 6) is 2.36. The van der Waals surface area contributed by atoms with Crippen LogP contribution < -0.4 is 43.9 Å². The number of rotatable bonds is 21. The number of carbonyl (C=O) groups is 2. The summed E-state index contributed by atoms with van der Waals surface area (Å²) in [5, 5.41) is 15.9. The summed E-state index contributed by atoms with van der Waals surface area (Å²) in [6.07, 6.45) is 18.6. The molecule has 3 aliphatic heterocycles. The number of nitrogens with one attached hydrogen (secondary N) is 4. The highest BCUT2D eigenvalue weighted by Crippen LogP contribution is 2.51. The number of anilines is 5. The van der Waals surface area contributed by atoms with E-state index in [0.717, 1.165) is 134 Å². The molecular weight excluding hydrogens is 1950 g/mol. The highest BCUT2D eigenvalue weighted by molar-refractivity contribution is 9.10. The Kier molecular flexibility index (Phi) is 30.0. The Balaban J connectivity index is 0.000000125. The van der Waals surface area contributed by atoms with Crippen LogP contribution in [0.4, 0.5) is 56.1 Å². The van der Waals surface area contributed by atoms with Crippen molar-refractivity contribution in [3.63, 3.8) is 0 Å². The lowest BCUT2D eigenvalue weighted by Gasteiger charge is -2.31. The first kappa shape index (κ1) is 102. The van der Waals surface area contributed by atoms with Gasteiger partial charge in [-0.05, 0) is 293 Å². The van der Waals surface area contributed by atoms with Crippen molar-refractivity contribution in [2.24, 2.45) is 0 Å². The first-order chi connectivity index (χ1) is 69.2. The van der Waals surface area contributed by atoms with Gasteiger partial charge in [0, 0.05) is 122 Å². The van der Waals surface area contributed by atoms with E-state index in [0.29, 0.717) is 142 Å². The topological polar surface area (TPSA) is 394 Å². The molecule has 0 bridgehead atoms. The van der Waals surface area contributed by atoms with Crippen LogP contribution in [-0.4, -0.2) is 190 Å². The second-order valence-electron chi connectivity index (χ2n) is 38.9. The van der Waals surface area contributed by atoms with Crippen molar-refractivity contribution < 1.29 is 36.6 Å². The number of carbonyl (C=O) groups excluding carboxylic acids is 2. The maximum absolute atomic E-state index is 13.8. The number of thioether (sulfide) groups is 2. The Hall–Kier alpha value is -13.5. The Bertz CT molecular complexity index is 7580. The molecule has 0 atom stereocenters. The SMILES string of the molecule is CC(C)(C)OC(=O)N1CCc2ccc(N)cc2C1.CCn1[nH]c2nc(SC)ncc2c1=O.CCn1c(=O)c2cnc(Nc3ccc4c(c3)CN(C(=O)OC(C)(C)C)CC4)nc2n1-c1cccc(C2(CF)CC2)n1.CCn1c(=O)c2cnc(Nc3ccc4c(c3)CNCC4)nc2n1-c1cccc(C2(CF)CC2)n1.CCn1c(=O)c2cnc(SC)nc2n1-c1cccc(C2(CF)CC2)n1.FCC1(c2cccc(Br)n2)CC1. The second kappa shape index (κ2) is 42.4. The number of alkyl halides is 4. The highest BCUT2D eigenvalue weighted by Gasteiger charge is 2.49. The zero-order valence-electron chi connectivity index (χ0n) is 82.6. The van der Waals surface area contributed by atoms with Gasteiger partial charge in [-0.15, -0.1) is 0 Å². The lowest BCUT2D eigenvalue weighted by molar-refractivity contribution is 0.0214. The summed E-state index contributed by atoms with van der Waals surface area (Å²) in [6, 6.07) is 40.4. The first-order valence-corrected chi connectivity index (χ1v) is 51.6. The molecule has 2 amide bonds. The van der Waals surface area contributed by atoms with Crippen molar-refractivity contribution in [3.05, 3.63) is 254 Å². The van der Waals surface area contributed by atoms with E-state index in [1.165, 1.54) is 56.7 Å². The van der Waals surface area contributed by atoms with E-state index in [1.807, 2.05) is 191 Å². The molecule has 0 saturated heterocycles. The minimum atomic E-state index is -0.558. The number of aromatic amines is 1. The molecule has 0 spiro atoms. The van der Waals surface area contributed by atoms with Gasteiger partial charge in [0.05, 0.1) is 22.8 Å². The number of nitrogens with zero attached hydrogens (tertiary/aromatic N) is 21. The standard InChI is InChI=1S/C30H34FN7O3.C25H26FN7O.C17H18FN5OS.C14H20N2O2.C9H9BrFN.C8H10N4OS/c1-5-37-26(39)22-16-32-27(35-25(22)38(37)24-8-6-7-23(34-24)30(18-31)12-13-30)33-21-10-9-19-11-14-36(17-20(19)15-21)28(40)41-29(2,3)4;1-2-32-23(34)19-14-28-24(29-18-7-6-16-8-11-27-13-17(16)12-18)31-22(19)33(32)21-5-3-4-20(30-21)25(15-26)9-10-25;1-3-22-15(24)11-9-19-16(25-2)21-14(11)23(22)13-6-4-5-12(20-13)17(10-18)7-8-17;1-14(2,3)18-13(17)16-7-6-10-4-5-12(15)8-11(10)9-16;10-8-3-1-2-7(12-8)9(6-11)4-5-9;1-3-12-7(13)5-4-9-8(14-2)10-6(5)11-12/h6-10,15-16H,5,11-14,17-18H2,1-4H3,(H,32,33,35);3-7,12,14,27H,2,8-11,13,15H2,1H3,(H,28,29,31);4-6,9H,3,7-8,10H2,1-2H3;4-5,8H,6-7,9,15H2,1-3H3;1-3H,4-6H2;4H,3H2,1-2H3,(H,9,10,11). The Labute approximate surface area is 844 Å². The number of amides is 2. The minimum Gasteiger partial charge on any atom is -0.444 e. The monoisotopic (exact) mass is 2060 g/mol. The van der Waals surface area contributed by atoms with Crippen molar-refractivity contribution in [1.82, 2.24) is 113 Å². The summed E-state index contributed by atoms with van der Waals surface area (Å²) in [6.45, 7) is 23.3. The van der Waals surface area contributed by atoms with E-state index in [1.54, 1.807) is 62.5 Å². The summed E-state index contributed by atoms with van der Waals surface area (Å²) >= 11 is 6.15. The molecule has 12 aromatic heterocycles. The zero-order chi connectivity index (χ0) is 102. The fourth-order valence-corrected chi connectivity index (χ4v) is 18.8. The van der Waals surface area contributed by atoms with Crippen LogP contribution >= 0.6 is 39.5 Å². The average Bonchev–Trinajstić information content (AvgIpc) is 1.60. The van der Waals surface area contributed by atoms with Gasteiger partial charge in [0.25, 0.3) is 22.2 Å². The second-order valence-corrected chi connectivity index (χ2v) is 41.2. The number of hydrogen-bond acceptors (Lipinski definition) is 26. The fraction of sp³-hybridized carbons (Fsp3) is 0.417. The number of fused-ring (bicyclic) bond motifs is 7. The summed E-state index contributed by atoms with van der Waals surface area (Å²) in [5.41, 5.74) is 17.1. The van der Waals surface area contributed by atoms with Gasteiger partial charge in [-0.2, -0.15) is 9.97 Å². The van der Waals surface area contributed by atoms with E-state index in [-0.39, 0.29) is 46.5 Å². The summed E-state index contributed by atoms with van der Waals surface area (Å²) in [4.78, 5) is 132. The molecule has 4 aliphatic carbocycles. The number of aromatic nitrogens is 20. The molecule has 144 heavy (non-hydrogen) atoms. The number of benzene rings is 3. The van der Waals surface area contributed by atoms with Gasteiger partial charge >= 0.3 is 12.2 Å². The molecule has 4 saturated carbocycles. The molecule has 15 heterocycles. The predicted molar refractivity (Wildman–Crippen MR) is 553 cm³/mol. The van der Waals surface area contributed by atoms with Crippen LogP contribution in [0, 0.1) is 0 Å². The number of nitrogen functional groups attached to an aromatic ring is 1. The molecule has 34 nitrogen and oxygen atoms in total. The van der Waals surface area contributed by atoms with E-state index in [9.17, 15) is 46.3 Å². The Morgan fingerprint density at radius 2 is 0.826 bits per heavy atom. The molecule has 754 valence electrons. The quantitative estimate of drug-likeness (QED) is 0.0147. The lowest BCUT2D eigenvalue weighted by atomic mass is 9.99. The molecule has 0 radical (unpaired) electrons. The summed E-state index contributed by atoms with van der Waals surface area (Å²) < 4.78 is 76.6. The molecule has 41 heteroatoms. The van der Waals surface area contributed by atoms with Gasteiger partial charge in [-0.3, -0.25) is 46.5 Å². The molecule has 3 aromatic carbocycles. The van der Waals surface area contributed by atoms with E-state index < -0.39 is 47.5 Å². The number of nitrogens with two attached hydrogens (primary N) is 1. The average molecular weight is 2070 g/mol. The third-order valence-corrected chi connectivity index (χ3v) is 28.2. The molecule has 0 unspecified atom stereocenters.